The summed E-state index contributed by atoms with van der Waals surface area (Å²) in [7, 11) is 0. The fourth-order valence-corrected chi connectivity index (χ4v) is 0.569. The highest BCUT2D eigenvalue weighted by molar-refractivity contribution is 5.88. The lowest BCUT2D eigenvalue weighted by atomic mass is 10.4. The summed E-state index contributed by atoms with van der Waals surface area (Å²) < 4.78 is 4.75. The van der Waals surface area contributed by atoms with Gasteiger partial charge in [-0.25, -0.2) is 0 Å². The van der Waals surface area contributed by atoms with Crippen LogP contribution in [0, 0.1) is 0 Å². The molecule has 0 aromatic rings. The molecule has 0 aliphatic carbocycles. The number of ether oxygens (including phenoxy) is 1. The maximum atomic E-state index is 10.6. The summed E-state index contributed by atoms with van der Waals surface area (Å²) in [5.74, 6) is 0.135. The van der Waals surface area contributed by atoms with E-state index in [-0.39, 0.29) is 5.97 Å². The van der Waals surface area contributed by atoms with Crippen LogP contribution in [-0.2, 0) is 14.4 Å². The topological polar surface area (TPSA) is 47.9 Å². The smallest absolute Gasteiger partial charge is 0.312 e. The van der Waals surface area contributed by atoms with Gasteiger partial charge in [0.25, 0.3) is 0 Å². The Morgan fingerprint density at radius 2 is 2.70 bits per heavy atom. The highest BCUT2D eigenvalue weighted by atomic mass is 16.7. The summed E-state index contributed by atoms with van der Waals surface area (Å²) in [6.45, 7) is 2.25. The van der Waals surface area contributed by atoms with Gasteiger partial charge < -0.3 is 9.57 Å². The van der Waals surface area contributed by atoms with E-state index in [1.807, 2.05) is 0 Å². The van der Waals surface area contributed by atoms with E-state index in [9.17, 15) is 4.79 Å². The van der Waals surface area contributed by atoms with Crippen LogP contribution in [0.5, 0.6) is 0 Å². The van der Waals surface area contributed by atoms with E-state index in [0.717, 1.165) is 0 Å². The molecular formula is C6H9NO3. The molecule has 1 heterocycles. The van der Waals surface area contributed by atoms with E-state index in [4.69, 9.17) is 4.74 Å². The average molecular weight is 143 g/mol. The molecule has 0 radical (unpaired) electrons. The Labute approximate surface area is 58.8 Å². The zero-order valence-corrected chi connectivity index (χ0v) is 5.79. The Kier molecular flexibility index (Phi) is 2.25. The Balaban J connectivity index is 2.30. The van der Waals surface area contributed by atoms with Crippen LogP contribution >= 0.6 is 0 Å². The second-order valence-corrected chi connectivity index (χ2v) is 1.90. The third kappa shape index (κ3) is 1.72. The third-order valence-corrected chi connectivity index (χ3v) is 1.09. The number of hydrogen-bond acceptors (Lipinski definition) is 4. The van der Waals surface area contributed by atoms with Gasteiger partial charge in [-0.05, 0) is 0 Å². The van der Waals surface area contributed by atoms with Crippen molar-refractivity contribution in [2.75, 3.05) is 6.61 Å². The molecule has 0 amide bonds. The third-order valence-electron chi connectivity index (χ3n) is 1.09. The summed E-state index contributed by atoms with van der Waals surface area (Å²) in [4.78, 5) is 15.2. The maximum Gasteiger partial charge on any atom is 0.312 e. The minimum atomic E-state index is -0.260. The van der Waals surface area contributed by atoms with Crippen LogP contribution in [-0.4, -0.2) is 18.5 Å². The molecule has 1 rings (SSSR count). The number of carbonyl (C=O) groups is 1. The largest absolute Gasteiger partial charge is 0.408 e. The number of nitrogens with zero attached hydrogens (tertiary/aromatic N) is 1. The molecule has 10 heavy (non-hydrogen) atoms. The maximum absolute atomic E-state index is 10.6. The van der Waals surface area contributed by atoms with Crippen LogP contribution in [0.25, 0.3) is 0 Å². The van der Waals surface area contributed by atoms with Gasteiger partial charge in [-0.1, -0.05) is 12.1 Å². The van der Waals surface area contributed by atoms with Crippen LogP contribution in [0.3, 0.4) is 0 Å². The molecule has 56 valence electrons. The van der Waals surface area contributed by atoms with Crippen molar-refractivity contribution < 1.29 is 14.4 Å². The van der Waals surface area contributed by atoms with E-state index in [0.29, 0.717) is 25.3 Å². The van der Waals surface area contributed by atoms with Gasteiger partial charge in [0.2, 0.25) is 5.90 Å². The monoisotopic (exact) mass is 143 g/mol. The van der Waals surface area contributed by atoms with E-state index in [2.05, 4.69) is 9.99 Å². The molecule has 0 saturated heterocycles. The number of oxime groups is 1. The molecule has 0 aromatic carbocycles. The fraction of sp³-hybridized carbons (Fsp3) is 0.667. The number of carbonyl (C=O) groups excluding carboxylic acids is 1. The highest BCUT2D eigenvalue weighted by Crippen LogP contribution is 2.01. The van der Waals surface area contributed by atoms with Crippen molar-refractivity contribution in [3.05, 3.63) is 0 Å². The molecule has 0 fully saturated rings. The van der Waals surface area contributed by atoms with Crippen molar-refractivity contribution in [1.82, 2.24) is 0 Å². The lowest BCUT2D eigenvalue weighted by Crippen LogP contribution is -2.08. The van der Waals surface area contributed by atoms with Crippen LogP contribution in [0.15, 0.2) is 5.16 Å². The molecule has 0 bridgehead atoms. The van der Waals surface area contributed by atoms with Crippen molar-refractivity contribution in [1.29, 1.82) is 0 Å². The Bertz CT molecular complexity index is 164. The molecule has 1 aliphatic heterocycles. The minimum absolute atomic E-state index is 0.260. The molecule has 0 atom stereocenters. The first kappa shape index (κ1) is 7.05. The standard InChI is InChI=1S/C6H9NO3/c1-2-6(8)10-5-3-4-9-7-5/h2-4H2,1H3. The lowest BCUT2D eigenvalue weighted by Gasteiger charge is -1.96. The van der Waals surface area contributed by atoms with Gasteiger partial charge in [0.05, 0.1) is 6.42 Å². The normalized spacial score (nSPS) is 15.9. The highest BCUT2D eigenvalue weighted by Gasteiger charge is 2.11. The predicted molar refractivity (Wildman–Crippen MR) is 34.4 cm³/mol. The number of rotatable bonds is 1. The van der Waals surface area contributed by atoms with Gasteiger partial charge in [0, 0.05) is 6.42 Å². The molecule has 4 nitrogen and oxygen atoms in total. The summed E-state index contributed by atoms with van der Waals surface area (Å²) in [6, 6.07) is 0. The van der Waals surface area contributed by atoms with Gasteiger partial charge >= 0.3 is 5.97 Å². The molecule has 0 unspecified atom stereocenters. The first-order valence-corrected chi connectivity index (χ1v) is 3.22. The van der Waals surface area contributed by atoms with Gasteiger partial charge in [0.15, 0.2) is 0 Å². The molecule has 0 aromatic heterocycles. The molecule has 0 N–H and O–H groups in total. The Hall–Kier alpha value is -1.06. The fourth-order valence-electron chi connectivity index (χ4n) is 0.569. The van der Waals surface area contributed by atoms with Crippen molar-refractivity contribution >= 4 is 11.9 Å². The minimum Gasteiger partial charge on any atom is -0.408 e. The van der Waals surface area contributed by atoms with Crippen molar-refractivity contribution in [2.24, 2.45) is 5.16 Å². The van der Waals surface area contributed by atoms with Crippen molar-refractivity contribution in [3.63, 3.8) is 0 Å². The van der Waals surface area contributed by atoms with Gasteiger partial charge in [-0.15, -0.1) is 0 Å². The number of hydrogen-bond donors (Lipinski definition) is 0. The molecular weight excluding hydrogens is 134 g/mol. The van der Waals surface area contributed by atoms with Crippen LogP contribution in [0.1, 0.15) is 19.8 Å². The van der Waals surface area contributed by atoms with Gasteiger partial charge in [-0.2, -0.15) is 0 Å². The molecule has 4 heteroatoms. The second-order valence-electron chi connectivity index (χ2n) is 1.90. The Morgan fingerprint density at radius 1 is 1.90 bits per heavy atom. The first-order chi connectivity index (χ1) is 4.83. The first-order valence-electron chi connectivity index (χ1n) is 3.22. The van der Waals surface area contributed by atoms with Gasteiger partial charge in [-0.3, -0.25) is 4.79 Å². The summed E-state index contributed by atoms with van der Waals surface area (Å²) >= 11 is 0. The van der Waals surface area contributed by atoms with Crippen LogP contribution in [0.2, 0.25) is 0 Å². The molecule has 1 aliphatic rings. The average Bonchev–Trinajstić information content (AvgIpc) is 2.40. The van der Waals surface area contributed by atoms with Crippen molar-refractivity contribution in [2.45, 2.75) is 19.8 Å². The SMILES string of the molecule is CCC(=O)OC1=NOCC1. The molecule has 0 spiro atoms. The lowest BCUT2D eigenvalue weighted by molar-refractivity contribution is -0.135. The zero-order chi connectivity index (χ0) is 7.40. The second kappa shape index (κ2) is 3.20. The van der Waals surface area contributed by atoms with E-state index in [1.54, 1.807) is 6.92 Å². The summed E-state index contributed by atoms with van der Waals surface area (Å²) in [6.07, 6.45) is 0.977. The van der Waals surface area contributed by atoms with E-state index in [1.165, 1.54) is 0 Å². The quantitative estimate of drug-likeness (QED) is 0.507. The Morgan fingerprint density at radius 3 is 3.20 bits per heavy atom. The predicted octanol–water partition coefficient (Wildman–Crippen LogP) is 0.673. The van der Waals surface area contributed by atoms with Gasteiger partial charge in [0.1, 0.15) is 6.61 Å². The summed E-state index contributed by atoms with van der Waals surface area (Å²) in [5, 5.41) is 3.50. The summed E-state index contributed by atoms with van der Waals surface area (Å²) in [5.41, 5.74) is 0. The van der Waals surface area contributed by atoms with E-state index < -0.39 is 0 Å². The van der Waals surface area contributed by atoms with Crippen LogP contribution < -0.4 is 0 Å². The zero-order valence-electron chi connectivity index (χ0n) is 5.79. The number of esters is 1. The molecule has 0 saturated carbocycles. The van der Waals surface area contributed by atoms with Crippen molar-refractivity contribution in [3.8, 4) is 0 Å². The van der Waals surface area contributed by atoms with E-state index >= 15 is 0 Å². The van der Waals surface area contributed by atoms with Crippen LogP contribution in [0.4, 0.5) is 0 Å².